The average Bonchev–Trinajstić information content (AvgIpc) is 2.48. The van der Waals surface area contributed by atoms with Gasteiger partial charge < -0.3 is 9.87 Å². The van der Waals surface area contributed by atoms with Crippen molar-refractivity contribution in [2.45, 2.75) is 4.90 Å². The molecule has 3 rings (SSSR count). The standard InChI is InChI=1S/C16H13NO2S/c18-20(19)15-11-5-7-12-6-4-10-14(16(12)15)17-13-8-2-1-3-9-13/h1-11,17H,(H,18,19)/p-1. The summed E-state index contributed by atoms with van der Waals surface area (Å²) < 4.78 is 22.8. The lowest BCUT2D eigenvalue weighted by molar-refractivity contribution is 0.538. The maximum absolute atomic E-state index is 11.4. The van der Waals surface area contributed by atoms with Crippen LogP contribution in [0.15, 0.2) is 71.6 Å². The first-order valence-electron chi connectivity index (χ1n) is 6.19. The second kappa shape index (κ2) is 5.45. The molecule has 0 saturated heterocycles. The molecule has 1 N–H and O–H groups in total. The van der Waals surface area contributed by atoms with Gasteiger partial charge in [0.05, 0.1) is 0 Å². The molecule has 3 aromatic carbocycles. The molecule has 0 aliphatic carbocycles. The second-order valence-electron chi connectivity index (χ2n) is 4.39. The van der Waals surface area contributed by atoms with Crippen LogP contribution in [-0.2, 0) is 11.1 Å². The zero-order valence-corrected chi connectivity index (χ0v) is 11.4. The summed E-state index contributed by atoms with van der Waals surface area (Å²) in [5.74, 6) is 0. The SMILES string of the molecule is O=S([O-])c1cccc2cccc(Nc3ccccc3)c12. The zero-order valence-electron chi connectivity index (χ0n) is 10.6. The van der Waals surface area contributed by atoms with Crippen LogP contribution in [0.4, 0.5) is 11.4 Å². The first-order valence-corrected chi connectivity index (χ1v) is 7.26. The van der Waals surface area contributed by atoms with Gasteiger partial charge in [-0.05, 0) is 40.7 Å². The topological polar surface area (TPSA) is 52.2 Å². The van der Waals surface area contributed by atoms with E-state index in [1.165, 1.54) is 0 Å². The number of hydrogen-bond donors (Lipinski definition) is 1. The fraction of sp³-hybridized carbons (Fsp3) is 0. The van der Waals surface area contributed by atoms with E-state index in [0.29, 0.717) is 10.3 Å². The minimum Gasteiger partial charge on any atom is -0.768 e. The monoisotopic (exact) mass is 282 g/mol. The number of fused-ring (bicyclic) bond motifs is 1. The average molecular weight is 282 g/mol. The third-order valence-corrected chi connectivity index (χ3v) is 3.80. The van der Waals surface area contributed by atoms with E-state index < -0.39 is 11.1 Å². The van der Waals surface area contributed by atoms with Gasteiger partial charge in [-0.15, -0.1) is 0 Å². The predicted octanol–water partition coefficient (Wildman–Crippen LogP) is 3.82. The van der Waals surface area contributed by atoms with Crippen molar-refractivity contribution >= 4 is 33.2 Å². The molecular weight excluding hydrogens is 270 g/mol. The Morgan fingerprint density at radius 3 is 2.25 bits per heavy atom. The first kappa shape index (κ1) is 12.8. The van der Waals surface area contributed by atoms with Crippen LogP contribution in [0.1, 0.15) is 0 Å². The van der Waals surface area contributed by atoms with Crippen molar-refractivity contribution in [3.8, 4) is 0 Å². The third kappa shape index (κ3) is 2.43. The van der Waals surface area contributed by atoms with E-state index >= 15 is 0 Å². The molecule has 3 aromatic rings. The molecule has 0 radical (unpaired) electrons. The zero-order chi connectivity index (χ0) is 13.9. The van der Waals surface area contributed by atoms with Crippen LogP contribution in [0.2, 0.25) is 0 Å². The normalized spacial score (nSPS) is 12.2. The highest BCUT2D eigenvalue weighted by atomic mass is 32.2. The summed E-state index contributed by atoms with van der Waals surface area (Å²) in [5.41, 5.74) is 1.71. The smallest absolute Gasteiger partial charge is 0.0475 e. The highest BCUT2D eigenvalue weighted by Gasteiger charge is 2.07. The molecule has 0 aromatic heterocycles. The Bertz CT molecular complexity index is 767. The van der Waals surface area contributed by atoms with Gasteiger partial charge in [0.1, 0.15) is 0 Å². The van der Waals surface area contributed by atoms with Gasteiger partial charge in [0.25, 0.3) is 0 Å². The molecule has 1 unspecified atom stereocenters. The van der Waals surface area contributed by atoms with Crippen molar-refractivity contribution in [3.05, 3.63) is 66.7 Å². The fourth-order valence-corrected chi connectivity index (χ4v) is 2.81. The molecular formula is C16H12NO2S-. The van der Waals surface area contributed by atoms with Gasteiger partial charge in [0, 0.05) is 21.7 Å². The molecule has 20 heavy (non-hydrogen) atoms. The lowest BCUT2D eigenvalue weighted by Crippen LogP contribution is -1.96. The fourth-order valence-electron chi connectivity index (χ4n) is 2.23. The first-order chi connectivity index (χ1) is 9.75. The van der Waals surface area contributed by atoms with Crippen molar-refractivity contribution in [1.82, 2.24) is 0 Å². The van der Waals surface area contributed by atoms with Gasteiger partial charge in [-0.3, -0.25) is 4.21 Å². The maximum atomic E-state index is 11.4. The van der Waals surface area contributed by atoms with Crippen molar-refractivity contribution in [1.29, 1.82) is 0 Å². The summed E-state index contributed by atoms with van der Waals surface area (Å²) in [6, 6.07) is 20.6. The molecule has 100 valence electrons. The van der Waals surface area contributed by atoms with Crippen LogP contribution < -0.4 is 5.32 Å². The van der Waals surface area contributed by atoms with Crippen LogP contribution in [0.3, 0.4) is 0 Å². The molecule has 3 nitrogen and oxygen atoms in total. The summed E-state index contributed by atoms with van der Waals surface area (Å²) in [4.78, 5) is 0.307. The Morgan fingerprint density at radius 2 is 1.55 bits per heavy atom. The Labute approximate surface area is 119 Å². The number of para-hydroxylation sites is 1. The highest BCUT2D eigenvalue weighted by Crippen LogP contribution is 2.30. The number of anilines is 2. The van der Waals surface area contributed by atoms with Gasteiger partial charge in [-0.2, -0.15) is 0 Å². The van der Waals surface area contributed by atoms with Crippen molar-refractivity contribution in [2.75, 3.05) is 5.32 Å². The molecule has 0 heterocycles. The van der Waals surface area contributed by atoms with Crippen molar-refractivity contribution in [3.63, 3.8) is 0 Å². The lowest BCUT2D eigenvalue weighted by atomic mass is 10.1. The molecule has 0 bridgehead atoms. The summed E-state index contributed by atoms with van der Waals surface area (Å²) >= 11 is -2.26. The van der Waals surface area contributed by atoms with Crippen LogP contribution in [0, 0.1) is 0 Å². The van der Waals surface area contributed by atoms with Crippen LogP contribution in [0.25, 0.3) is 10.8 Å². The third-order valence-electron chi connectivity index (χ3n) is 3.10. The quantitative estimate of drug-likeness (QED) is 0.743. The molecule has 0 aliphatic heterocycles. The number of nitrogens with one attached hydrogen (secondary N) is 1. The van der Waals surface area contributed by atoms with Gasteiger partial charge >= 0.3 is 0 Å². The largest absolute Gasteiger partial charge is 0.768 e. The van der Waals surface area contributed by atoms with Crippen molar-refractivity contribution < 1.29 is 8.76 Å². The highest BCUT2D eigenvalue weighted by molar-refractivity contribution is 7.79. The Kier molecular flexibility index (Phi) is 3.50. The van der Waals surface area contributed by atoms with E-state index in [0.717, 1.165) is 16.8 Å². The van der Waals surface area contributed by atoms with E-state index in [2.05, 4.69) is 5.32 Å². The summed E-state index contributed by atoms with van der Waals surface area (Å²) in [6.07, 6.45) is 0. The molecule has 4 heteroatoms. The summed E-state index contributed by atoms with van der Waals surface area (Å²) in [5, 5.41) is 4.88. The number of hydrogen-bond acceptors (Lipinski definition) is 3. The van der Waals surface area contributed by atoms with Crippen LogP contribution >= 0.6 is 0 Å². The predicted molar refractivity (Wildman–Crippen MR) is 80.9 cm³/mol. The molecule has 0 fully saturated rings. The van der Waals surface area contributed by atoms with E-state index in [1.807, 2.05) is 54.6 Å². The maximum Gasteiger partial charge on any atom is 0.0475 e. The van der Waals surface area contributed by atoms with E-state index in [9.17, 15) is 8.76 Å². The van der Waals surface area contributed by atoms with E-state index in [4.69, 9.17) is 0 Å². The lowest BCUT2D eigenvalue weighted by Gasteiger charge is -2.14. The number of rotatable bonds is 3. The molecule has 0 saturated carbocycles. The minimum atomic E-state index is -2.26. The van der Waals surface area contributed by atoms with Crippen LogP contribution in [0.5, 0.6) is 0 Å². The Morgan fingerprint density at radius 1 is 0.850 bits per heavy atom. The van der Waals surface area contributed by atoms with E-state index in [1.54, 1.807) is 12.1 Å². The van der Waals surface area contributed by atoms with Gasteiger partial charge in [-0.25, -0.2) is 0 Å². The summed E-state index contributed by atoms with van der Waals surface area (Å²) in [6.45, 7) is 0. The molecule has 0 spiro atoms. The van der Waals surface area contributed by atoms with Gasteiger partial charge in [0.15, 0.2) is 0 Å². The molecule has 0 aliphatic rings. The van der Waals surface area contributed by atoms with Crippen molar-refractivity contribution in [2.24, 2.45) is 0 Å². The van der Waals surface area contributed by atoms with Gasteiger partial charge in [-0.1, -0.05) is 42.5 Å². The summed E-state index contributed by atoms with van der Waals surface area (Å²) in [7, 11) is 0. The Hall–Kier alpha value is -2.17. The Balaban J connectivity index is 2.18. The number of benzene rings is 3. The molecule has 1 atom stereocenters. The van der Waals surface area contributed by atoms with Gasteiger partial charge in [0.2, 0.25) is 0 Å². The molecule has 0 amide bonds. The van der Waals surface area contributed by atoms with Crippen LogP contribution in [-0.4, -0.2) is 8.76 Å². The minimum absolute atomic E-state index is 0.307. The van der Waals surface area contributed by atoms with E-state index in [-0.39, 0.29) is 0 Å². The second-order valence-corrected chi connectivity index (χ2v) is 5.29.